The third kappa shape index (κ3) is 3.71. The second-order valence-electron chi connectivity index (χ2n) is 7.70. The molecule has 2 heterocycles. The topological polar surface area (TPSA) is 74.2 Å². The molecule has 0 radical (unpaired) electrons. The molecule has 2 aromatic heterocycles. The van der Waals surface area contributed by atoms with Gasteiger partial charge in [0.05, 0.1) is 19.0 Å². The van der Waals surface area contributed by atoms with Crippen LogP contribution in [-0.2, 0) is 11.2 Å². The molecule has 5 rings (SSSR count). The average Bonchev–Trinajstić information content (AvgIpc) is 3.18. The standard InChI is InChI=1S/C26H20FN3O3/c1-3-32-26(31)25-20-9-16-8-15(2)23(33-17-11-28-14-29-12-17)10-19(16)24(20)21(13-30-25)18-6-4-5-7-22(18)27/h4-8,10-14H,3,9H2,1-2H3. The number of carbonyl (C=O) groups is 1. The fourth-order valence-corrected chi connectivity index (χ4v) is 4.18. The summed E-state index contributed by atoms with van der Waals surface area (Å²) in [5.41, 5.74) is 5.58. The fraction of sp³-hybridized carbons (Fsp3) is 0.154. The van der Waals surface area contributed by atoms with Gasteiger partial charge in [0.25, 0.3) is 0 Å². The average molecular weight is 441 g/mol. The van der Waals surface area contributed by atoms with E-state index in [1.165, 1.54) is 12.4 Å². The van der Waals surface area contributed by atoms with Gasteiger partial charge in [0.1, 0.15) is 17.9 Å². The van der Waals surface area contributed by atoms with E-state index < -0.39 is 5.97 Å². The van der Waals surface area contributed by atoms with E-state index in [0.717, 1.165) is 27.8 Å². The highest BCUT2D eigenvalue weighted by Gasteiger charge is 2.30. The van der Waals surface area contributed by atoms with Crippen LogP contribution in [0.4, 0.5) is 4.39 Å². The summed E-state index contributed by atoms with van der Waals surface area (Å²) in [5, 5.41) is 0. The van der Waals surface area contributed by atoms with Crippen molar-refractivity contribution in [3.63, 3.8) is 0 Å². The van der Waals surface area contributed by atoms with Crippen LogP contribution >= 0.6 is 0 Å². The van der Waals surface area contributed by atoms with Crippen LogP contribution in [0.15, 0.2) is 61.3 Å². The molecule has 4 aromatic rings. The largest absolute Gasteiger partial charge is 0.461 e. The minimum atomic E-state index is -0.490. The number of ether oxygens (including phenoxy) is 2. The van der Waals surface area contributed by atoms with Gasteiger partial charge >= 0.3 is 5.97 Å². The van der Waals surface area contributed by atoms with Crippen molar-refractivity contribution in [2.75, 3.05) is 6.61 Å². The van der Waals surface area contributed by atoms with Crippen molar-refractivity contribution in [2.24, 2.45) is 0 Å². The van der Waals surface area contributed by atoms with Crippen LogP contribution < -0.4 is 4.74 Å². The van der Waals surface area contributed by atoms with Gasteiger partial charge in [-0.05, 0) is 53.8 Å². The summed E-state index contributed by atoms with van der Waals surface area (Å²) in [6, 6.07) is 10.5. The van der Waals surface area contributed by atoms with E-state index in [2.05, 4.69) is 15.0 Å². The second kappa shape index (κ2) is 8.43. The van der Waals surface area contributed by atoms with Crippen molar-refractivity contribution >= 4 is 5.97 Å². The summed E-state index contributed by atoms with van der Waals surface area (Å²) >= 11 is 0. The van der Waals surface area contributed by atoms with E-state index in [9.17, 15) is 9.18 Å². The van der Waals surface area contributed by atoms with Gasteiger partial charge in [0.2, 0.25) is 0 Å². The van der Waals surface area contributed by atoms with Crippen LogP contribution in [0.25, 0.3) is 22.3 Å². The number of rotatable bonds is 5. The predicted molar refractivity (Wildman–Crippen MR) is 121 cm³/mol. The van der Waals surface area contributed by atoms with Gasteiger partial charge in [-0.15, -0.1) is 0 Å². The third-order valence-corrected chi connectivity index (χ3v) is 5.61. The Morgan fingerprint density at radius 1 is 1.06 bits per heavy atom. The van der Waals surface area contributed by atoms with Gasteiger partial charge < -0.3 is 9.47 Å². The van der Waals surface area contributed by atoms with Crippen LogP contribution in [0.2, 0.25) is 0 Å². The Bertz CT molecular complexity index is 1370. The monoisotopic (exact) mass is 441 g/mol. The van der Waals surface area contributed by atoms with Crippen LogP contribution in [0.1, 0.15) is 34.1 Å². The highest BCUT2D eigenvalue weighted by Crippen LogP contribution is 2.46. The van der Waals surface area contributed by atoms with Gasteiger partial charge in [-0.3, -0.25) is 0 Å². The summed E-state index contributed by atoms with van der Waals surface area (Å²) in [5.74, 6) is 0.292. The molecule has 1 aliphatic carbocycles. The maximum atomic E-state index is 14.8. The first-order valence-corrected chi connectivity index (χ1v) is 10.6. The van der Waals surface area contributed by atoms with E-state index in [1.54, 1.807) is 43.7 Å². The van der Waals surface area contributed by atoms with Crippen molar-refractivity contribution < 1.29 is 18.7 Å². The molecule has 2 aromatic carbocycles. The molecule has 164 valence electrons. The minimum absolute atomic E-state index is 0.244. The van der Waals surface area contributed by atoms with Gasteiger partial charge in [-0.25, -0.2) is 24.1 Å². The molecule has 1 aliphatic rings. The number of hydrogen-bond acceptors (Lipinski definition) is 6. The number of nitrogens with zero attached hydrogens (tertiary/aromatic N) is 3. The number of fused-ring (bicyclic) bond motifs is 3. The van der Waals surface area contributed by atoms with E-state index in [0.29, 0.717) is 29.0 Å². The van der Waals surface area contributed by atoms with Crippen molar-refractivity contribution in [1.29, 1.82) is 0 Å². The van der Waals surface area contributed by atoms with E-state index >= 15 is 0 Å². The Balaban J connectivity index is 1.71. The molecule has 0 atom stereocenters. The van der Waals surface area contributed by atoms with Crippen LogP contribution in [-0.4, -0.2) is 27.5 Å². The predicted octanol–water partition coefficient (Wildman–Crippen LogP) is 5.53. The van der Waals surface area contributed by atoms with Crippen molar-refractivity contribution in [2.45, 2.75) is 20.3 Å². The van der Waals surface area contributed by atoms with Gasteiger partial charge in [0, 0.05) is 23.7 Å². The van der Waals surface area contributed by atoms with Gasteiger partial charge in [0.15, 0.2) is 11.4 Å². The Kier molecular flexibility index (Phi) is 5.30. The van der Waals surface area contributed by atoms with Crippen molar-refractivity contribution in [1.82, 2.24) is 15.0 Å². The maximum absolute atomic E-state index is 14.8. The Labute approximate surface area is 190 Å². The smallest absolute Gasteiger partial charge is 0.357 e. The quantitative estimate of drug-likeness (QED) is 0.334. The minimum Gasteiger partial charge on any atom is -0.461 e. The second-order valence-corrected chi connectivity index (χ2v) is 7.70. The Hall–Kier alpha value is -4.13. The summed E-state index contributed by atoms with van der Waals surface area (Å²) in [7, 11) is 0. The number of esters is 1. The molecule has 0 aliphatic heterocycles. The Morgan fingerprint density at radius 3 is 2.61 bits per heavy atom. The maximum Gasteiger partial charge on any atom is 0.357 e. The number of carbonyl (C=O) groups excluding carboxylic acids is 1. The molecule has 0 N–H and O–H groups in total. The molecule has 0 unspecified atom stereocenters. The molecule has 33 heavy (non-hydrogen) atoms. The number of benzene rings is 2. The molecular weight excluding hydrogens is 421 g/mol. The molecule has 6 nitrogen and oxygen atoms in total. The zero-order chi connectivity index (χ0) is 22.9. The molecule has 0 saturated heterocycles. The molecule has 0 bridgehead atoms. The van der Waals surface area contributed by atoms with E-state index in [4.69, 9.17) is 9.47 Å². The zero-order valence-electron chi connectivity index (χ0n) is 18.1. The van der Waals surface area contributed by atoms with Crippen LogP contribution in [0.5, 0.6) is 11.5 Å². The normalized spacial score (nSPS) is 11.6. The summed E-state index contributed by atoms with van der Waals surface area (Å²) in [4.78, 5) is 25.0. The lowest BCUT2D eigenvalue weighted by Gasteiger charge is -2.14. The lowest BCUT2D eigenvalue weighted by Crippen LogP contribution is -2.11. The first-order chi connectivity index (χ1) is 16.1. The highest BCUT2D eigenvalue weighted by atomic mass is 19.1. The lowest BCUT2D eigenvalue weighted by atomic mass is 9.94. The molecule has 0 fully saturated rings. The van der Waals surface area contributed by atoms with Crippen molar-refractivity contribution in [3.05, 3.63) is 89.5 Å². The number of halogens is 1. The van der Waals surface area contributed by atoms with E-state index in [-0.39, 0.29) is 18.1 Å². The molecular formula is C26H20FN3O3. The summed E-state index contributed by atoms with van der Waals surface area (Å²) in [6.07, 6.45) is 6.64. The summed E-state index contributed by atoms with van der Waals surface area (Å²) in [6.45, 7) is 3.94. The van der Waals surface area contributed by atoms with Crippen LogP contribution in [0.3, 0.4) is 0 Å². The van der Waals surface area contributed by atoms with Crippen LogP contribution in [0, 0.1) is 12.7 Å². The number of hydrogen-bond donors (Lipinski definition) is 0. The van der Waals surface area contributed by atoms with Gasteiger partial charge in [-0.1, -0.05) is 24.3 Å². The molecule has 0 saturated carbocycles. The first-order valence-electron chi connectivity index (χ1n) is 10.6. The Morgan fingerprint density at radius 2 is 1.85 bits per heavy atom. The number of aryl methyl sites for hydroxylation is 1. The number of pyridine rings is 1. The molecule has 7 heteroatoms. The molecule has 0 spiro atoms. The number of aromatic nitrogens is 3. The summed E-state index contributed by atoms with van der Waals surface area (Å²) < 4.78 is 26.0. The zero-order valence-corrected chi connectivity index (χ0v) is 18.1. The van der Waals surface area contributed by atoms with E-state index in [1.807, 2.05) is 19.1 Å². The molecule has 0 amide bonds. The fourth-order valence-electron chi connectivity index (χ4n) is 4.18. The first kappa shape index (κ1) is 20.8. The van der Waals surface area contributed by atoms with Crippen molar-refractivity contribution in [3.8, 4) is 33.8 Å². The SMILES string of the molecule is CCOC(=O)c1ncc(-c2ccccc2F)c2c1Cc1cc(C)c(Oc3cncnc3)cc1-2. The third-order valence-electron chi connectivity index (χ3n) is 5.61. The highest BCUT2D eigenvalue weighted by molar-refractivity contribution is 5.98. The van der Waals surface area contributed by atoms with Gasteiger partial charge in [-0.2, -0.15) is 0 Å². The lowest BCUT2D eigenvalue weighted by molar-refractivity contribution is 0.0518.